The molecule has 2 N–H and O–H groups in total. The third-order valence-corrected chi connectivity index (χ3v) is 4.68. The van der Waals surface area contributed by atoms with E-state index in [2.05, 4.69) is 32.9 Å². The zero-order chi connectivity index (χ0) is 15.1. The summed E-state index contributed by atoms with van der Waals surface area (Å²) in [6, 6.07) is 6.31. The average Bonchev–Trinajstić information content (AvgIpc) is 2.73. The molecule has 3 heteroatoms. The first kappa shape index (κ1) is 14.6. The second-order valence-corrected chi connectivity index (χ2v) is 7.52. The Kier molecular flexibility index (Phi) is 3.56. The minimum Gasteiger partial charge on any atom is -0.439 e. The summed E-state index contributed by atoms with van der Waals surface area (Å²) in [5.74, 6) is 0.727. The zero-order valence-electron chi connectivity index (χ0n) is 13.4. The number of hydrogen-bond donors (Lipinski definition) is 1. The van der Waals surface area contributed by atoms with Gasteiger partial charge in [0.15, 0.2) is 5.58 Å². The molecule has 2 aromatic rings. The molecule has 1 aromatic heterocycles. The Bertz CT molecular complexity index is 628. The second kappa shape index (κ2) is 5.13. The van der Waals surface area contributed by atoms with E-state index in [1.807, 2.05) is 6.07 Å². The Balaban J connectivity index is 2.00. The predicted molar refractivity (Wildman–Crippen MR) is 86.3 cm³/mol. The van der Waals surface area contributed by atoms with Crippen molar-refractivity contribution in [3.05, 3.63) is 29.7 Å². The highest BCUT2D eigenvalue weighted by atomic mass is 16.4. The highest BCUT2D eigenvalue weighted by molar-refractivity contribution is 5.74. The van der Waals surface area contributed by atoms with Crippen LogP contribution in [-0.2, 0) is 11.0 Å². The summed E-state index contributed by atoms with van der Waals surface area (Å²) in [5.41, 5.74) is 9.43. The van der Waals surface area contributed by atoms with Gasteiger partial charge in [-0.3, -0.25) is 0 Å². The van der Waals surface area contributed by atoms with Gasteiger partial charge in [0.2, 0.25) is 5.89 Å². The first-order valence-electron chi connectivity index (χ1n) is 8.09. The molecule has 0 spiro atoms. The molecule has 0 aliphatic heterocycles. The number of fused-ring (bicyclic) bond motifs is 1. The van der Waals surface area contributed by atoms with Crippen LogP contribution in [0.5, 0.6) is 0 Å². The average molecular weight is 286 g/mol. The van der Waals surface area contributed by atoms with Gasteiger partial charge in [-0.1, -0.05) is 52.5 Å². The Labute approximate surface area is 126 Å². The van der Waals surface area contributed by atoms with Gasteiger partial charge in [0.25, 0.3) is 0 Å². The number of nitrogens with two attached hydrogens (primary N) is 1. The first-order valence-corrected chi connectivity index (χ1v) is 8.09. The monoisotopic (exact) mass is 286 g/mol. The number of hydrogen-bond acceptors (Lipinski definition) is 3. The van der Waals surface area contributed by atoms with E-state index in [1.165, 1.54) is 31.2 Å². The number of nitrogens with zero attached hydrogens (tertiary/aromatic N) is 1. The Morgan fingerprint density at radius 1 is 1.10 bits per heavy atom. The van der Waals surface area contributed by atoms with Crippen molar-refractivity contribution in [3.63, 3.8) is 0 Å². The SMILES string of the molecule is CC(C)(C)c1ccc2oc(C3(N)CCCCCC3)nc2c1. The van der Waals surface area contributed by atoms with E-state index < -0.39 is 0 Å². The van der Waals surface area contributed by atoms with Crippen molar-refractivity contribution >= 4 is 11.1 Å². The molecule has 0 amide bonds. The van der Waals surface area contributed by atoms with Crippen LogP contribution in [0.4, 0.5) is 0 Å². The zero-order valence-corrected chi connectivity index (χ0v) is 13.4. The molecule has 1 heterocycles. The maximum Gasteiger partial charge on any atom is 0.215 e. The molecule has 0 radical (unpaired) electrons. The molecule has 0 unspecified atom stereocenters. The number of aromatic nitrogens is 1. The molecule has 3 nitrogen and oxygen atoms in total. The third kappa shape index (κ3) is 2.84. The van der Waals surface area contributed by atoms with Gasteiger partial charge in [-0.2, -0.15) is 0 Å². The smallest absolute Gasteiger partial charge is 0.215 e. The lowest BCUT2D eigenvalue weighted by Crippen LogP contribution is -2.36. The summed E-state index contributed by atoms with van der Waals surface area (Å²) in [4.78, 5) is 4.73. The predicted octanol–water partition coefficient (Wildman–Crippen LogP) is 4.63. The van der Waals surface area contributed by atoms with E-state index in [-0.39, 0.29) is 11.0 Å². The number of benzene rings is 1. The maximum atomic E-state index is 6.61. The molecule has 114 valence electrons. The molecule has 1 aromatic carbocycles. The number of rotatable bonds is 1. The van der Waals surface area contributed by atoms with Crippen molar-refractivity contribution < 1.29 is 4.42 Å². The lowest BCUT2D eigenvalue weighted by Gasteiger charge is -2.23. The van der Waals surface area contributed by atoms with Crippen LogP contribution in [-0.4, -0.2) is 4.98 Å². The highest BCUT2D eigenvalue weighted by Gasteiger charge is 2.33. The molecule has 0 bridgehead atoms. The normalized spacial score (nSPS) is 19.6. The molecule has 0 atom stereocenters. The Hall–Kier alpha value is -1.35. The van der Waals surface area contributed by atoms with Crippen molar-refractivity contribution in [2.75, 3.05) is 0 Å². The molecule has 1 aliphatic rings. The molecule has 0 saturated heterocycles. The van der Waals surface area contributed by atoms with Gasteiger partial charge < -0.3 is 10.2 Å². The second-order valence-electron chi connectivity index (χ2n) is 7.52. The molecule has 21 heavy (non-hydrogen) atoms. The molecular formula is C18H26N2O. The van der Waals surface area contributed by atoms with E-state index in [9.17, 15) is 0 Å². The van der Waals surface area contributed by atoms with Crippen LogP contribution in [0.2, 0.25) is 0 Å². The van der Waals surface area contributed by atoms with Crippen LogP contribution in [0, 0.1) is 0 Å². The van der Waals surface area contributed by atoms with Crippen LogP contribution >= 0.6 is 0 Å². The van der Waals surface area contributed by atoms with Gasteiger partial charge in [-0.25, -0.2) is 4.98 Å². The maximum absolute atomic E-state index is 6.61. The quantitative estimate of drug-likeness (QED) is 0.777. The fraction of sp³-hybridized carbons (Fsp3) is 0.611. The van der Waals surface area contributed by atoms with E-state index in [1.54, 1.807) is 0 Å². The van der Waals surface area contributed by atoms with E-state index >= 15 is 0 Å². The Morgan fingerprint density at radius 3 is 2.38 bits per heavy atom. The summed E-state index contributed by atoms with van der Waals surface area (Å²) >= 11 is 0. The molecule has 1 aliphatic carbocycles. The van der Waals surface area contributed by atoms with Crippen LogP contribution < -0.4 is 5.73 Å². The summed E-state index contributed by atoms with van der Waals surface area (Å²) in [6.07, 6.45) is 6.84. The van der Waals surface area contributed by atoms with Gasteiger partial charge in [0.1, 0.15) is 5.52 Å². The lowest BCUT2D eigenvalue weighted by atomic mass is 9.87. The van der Waals surface area contributed by atoms with Crippen LogP contribution in [0.25, 0.3) is 11.1 Å². The summed E-state index contributed by atoms with van der Waals surface area (Å²) in [5, 5.41) is 0. The van der Waals surface area contributed by atoms with Gasteiger partial charge in [0, 0.05) is 0 Å². The van der Waals surface area contributed by atoms with Crippen LogP contribution in [0.3, 0.4) is 0 Å². The topological polar surface area (TPSA) is 52.0 Å². The van der Waals surface area contributed by atoms with Crippen molar-refractivity contribution in [1.29, 1.82) is 0 Å². The summed E-state index contributed by atoms with van der Waals surface area (Å²) < 4.78 is 6.00. The highest BCUT2D eigenvalue weighted by Crippen LogP contribution is 2.35. The minimum absolute atomic E-state index is 0.121. The van der Waals surface area contributed by atoms with E-state index in [0.717, 1.165) is 29.8 Å². The largest absolute Gasteiger partial charge is 0.439 e. The Morgan fingerprint density at radius 2 is 1.76 bits per heavy atom. The van der Waals surface area contributed by atoms with Crippen molar-refractivity contribution in [2.24, 2.45) is 5.73 Å². The van der Waals surface area contributed by atoms with Crippen LogP contribution in [0.15, 0.2) is 22.6 Å². The van der Waals surface area contributed by atoms with Gasteiger partial charge >= 0.3 is 0 Å². The molecular weight excluding hydrogens is 260 g/mol. The first-order chi connectivity index (χ1) is 9.88. The van der Waals surface area contributed by atoms with Crippen molar-refractivity contribution in [1.82, 2.24) is 4.98 Å². The van der Waals surface area contributed by atoms with Crippen molar-refractivity contribution in [3.8, 4) is 0 Å². The third-order valence-electron chi connectivity index (χ3n) is 4.68. The van der Waals surface area contributed by atoms with Crippen molar-refractivity contribution in [2.45, 2.75) is 70.3 Å². The lowest BCUT2D eigenvalue weighted by molar-refractivity contribution is 0.301. The van der Waals surface area contributed by atoms with E-state index in [0.29, 0.717) is 0 Å². The van der Waals surface area contributed by atoms with E-state index in [4.69, 9.17) is 15.1 Å². The number of oxazole rings is 1. The van der Waals surface area contributed by atoms with Gasteiger partial charge in [-0.05, 0) is 36.0 Å². The minimum atomic E-state index is -0.378. The molecule has 1 fully saturated rings. The standard InChI is InChI=1S/C18H26N2O/c1-17(2,3)13-8-9-15-14(12-13)20-16(21-15)18(19)10-6-4-5-7-11-18/h8-9,12H,4-7,10-11,19H2,1-3H3. The summed E-state index contributed by atoms with van der Waals surface area (Å²) in [7, 11) is 0. The van der Waals surface area contributed by atoms with Gasteiger partial charge in [-0.15, -0.1) is 0 Å². The fourth-order valence-corrected chi connectivity index (χ4v) is 3.18. The van der Waals surface area contributed by atoms with Crippen LogP contribution in [0.1, 0.15) is 70.8 Å². The molecule has 3 rings (SSSR count). The fourth-order valence-electron chi connectivity index (χ4n) is 3.18. The van der Waals surface area contributed by atoms with Gasteiger partial charge in [0.05, 0.1) is 5.54 Å². The summed E-state index contributed by atoms with van der Waals surface area (Å²) in [6.45, 7) is 6.64. The molecule has 1 saturated carbocycles.